The first-order valence-electron chi connectivity index (χ1n) is 10.1. The van der Waals surface area contributed by atoms with Crippen molar-refractivity contribution in [2.24, 2.45) is 11.8 Å². The Bertz CT molecular complexity index is 946. The maximum absolute atomic E-state index is 12.3. The van der Waals surface area contributed by atoms with E-state index < -0.39 is 15.8 Å². The zero-order valence-corrected chi connectivity index (χ0v) is 19.1. The highest BCUT2D eigenvalue weighted by Gasteiger charge is 2.32. The van der Waals surface area contributed by atoms with Gasteiger partial charge in [-0.15, -0.1) is 0 Å². The average Bonchev–Trinajstić information content (AvgIpc) is 3.15. The molecule has 0 radical (unpaired) electrons. The molecule has 0 aliphatic carbocycles. The number of esters is 1. The summed E-state index contributed by atoms with van der Waals surface area (Å²) in [5.74, 6) is 0.157. The van der Waals surface area contributed by atoms with Crippen LogP contribution in [0, 0.1) is 18.8 Å². The lowest BCUT2D eigenvalue weighted by Gasteiger charge is -2.34. The van der Waals surface area contributed by atoms with Crippen LogP contribution in [-0.4, -0.2) is 66.2 Å². The molecule has 1 amide bonds. The quantitative estimate of drug-likeness (QED) is 0.496. The molecule has 0 bridgehead atoms. The van der Waals surface area contributed by atoms with E-state index in [1.54, 1.807) is 11.8 Å². The number of nitrogens with zero attached hydrogens (tertiary/aromatic N) is 3. The molecule has 3 rings (SSSR count). The Morgan fingerprint density at radius 2 is 1.93 bits per heavy atom. The lowest BCUT2D eigenvalue weighted by Crippen LogP contribution is -2.44. The second-order valence-electron chi connectivity index (χ2n) is 8.48. The number of aromatic nitrogens is 2. The van der Waals surface area contributed by atoms with Gasteiger partial charge in [0, 0.05) is 24.7 Å². The Labute approximate surface area is 182 Å². The van der Waals surface area contributed by atoms with E-state index in [2.05, 4.69) is 18.9 Å². The summed E-state index contributed by atoms with van der Waals surface area (Å²) in [6, 6.07) is -0.303. The summed E-state index contributed by atoms with van der Waals surface area (Å²) in [4.78, 5) is 26.1. The summed E-state index contributed by atoms with van der Waals surface area (Å²) in [5.41, 5.74) is 1.11. The molecule has 0 spiro atoms. The molecule has 3 heterocycles. The van der Waals surface area contributed by atoms with Crippen LogP contribution in [0.4, 0.5) is 0 Å². The molecular weight excluding hydrogens is 430 g/mol. The largest absolute Gasteiger partial charge is 0.452 e. The molecule has 1 aromatic rings. The monoisotopic (exact) mass is 457 g/mol. The van der Waals surface area contributed by atoms with Crippen molar-refractivity contribution in [3.8, 4) is 0 Å². The number of halogens is 1. The van der Waals surface area contributed by atoms with E-state index in [4.69, 9.17) is 16.3 Å². The first kappa shape index (κ1) is 22.8. The third-order valence-electron chi connectivity index (χ3n) is 5.57. The van der Waals surface area contributed by atoms with Gasteiger partial charge in [-0.3, -0.25) is 4.79 Å². The molecule has 10 heteroatoms. The highest BCUT2D eigenvalue weighted by atomic mass is 35.5. The summed E-state index contributed by atoms with van der Waals surface area (Å²) in [7, 11) is -3.07. The first-order chi connectivity index (χ1) is 14.1. The first-order valence-corrected chi connectivity index (χ1v) is 12.3. The zero-order valence-electron chi connectivity index (χ0n) is 17.5. The van der Waals surface area contributed by atoms with Gasteiger partial charge in [0.2, 0.25) is 0 Å². The molecule has 0 aromatic carbocycles. The van der Waals surface area contributed by atoms with Gasteiger partial charge in [0.05, 0.1) is 23.2 Å². The number of amides is 1. The number of ether oxygens (including phenoxy) is 1. The van der Waals surface area contributed by atoms with Gasteiger partial charge in [-0.05, 0) is 37.7 Å². The molecular formula is C20H28ClN3O5S. The maximum atomic E-state index is 12.3. The van der Waals surface area contributed by atoms with Crippen LogP contribution >= 0.6 is 11.6 Å². The van der Waals surface area contributed by atoms with E-state index in [1.165, 1.54) is 16.8 Å². The molecule has 8 nitrogen and oxygen atoms in total. The molecule has 0 saturated carbocycles. The van der Waals surface area contributed by atoms with Crippen molar-refractivity contribution in [2.45, 2.75) is 39.7 Å². The van der Waals surface area contributed by atoms with E-state index in [0.717, 1.165) is 6.42 Å². The summed E-state index contributed by atoms with van der Waals surface area (Å²) >= 11 is 6.38. The van der Waals surface area contributed by atoms with Crippen molar-refractivity contribution in [1.29, 1.82) is 0 Å². The zero-order chi connectivity index (χ0) is 22.1. The molecule has 2 saturated heterocycles. The fraction of sp³-hybridized carbons (Fsp3) is 0.650. The van der Waals surface area contributed by atoms with Gasteiger partial charge in [-0.2, -0.15) is 5.10 Å². The highest BCUT2D eigenvalue weighted by molar-refractivity contribution is 7.91. The van der Waals surface area contributed by atoms with Gasteiger partial charge >= 0.3 is 5.97 Å². The minimum Gasteiger partial charge on any atom is -0.452 e. The van der Waals surface area contributed by atoms with Gasteiger partial charge in [0.1, 0.15) is 5.15 Å². The second-order valence-corrected chi connectivity index (χ2v) is 11.1. The standard InChI is InChI=1S/C20H28ClN3O5S/c1-13-8-14(2)10-23(9-13)18(25)11-29-19(26)5-4-17-15(3)22-24(20(17)21)16-6-7-30(27,28)12-16/h4-5,13-14,16H,6-12H2,1-3H3/b5-4+/t13-,14-,16+/m1/s1. The molecule has 30 heavy (non-hydrogen) atoms. The number of rotatable bonds is 5. The molecule has 3 atom stereocenters. The SMILES string of the molecule is Cc1nn([C@H]2CCS(=O)(=O)C2)c(Cl)c1/C=C/C(=O)OCC(=O)N1C[C@H](C)C[C@@H](C)C1. The van der Waals surface area contributed by atoms with Crippen molar-refractivity contribution >= 4 is 39.4 Å². The molecule has 0 unspecified atom stereocenters. The van der Waals surface area contributed by atoms with Crippen molar-refractivity contribution in [2.75, 3.05) is 31.2 Å². The number of aryl methyl sites for hydroxylation is 1. The van der Waals surface area contributed by atoms with Gasteiger partial charge in [0.15, 0.2) is 16.4 Å². The second kappa shape index (κ2) is 9.09. The summed E-state index contributed by atoms with van der Waals surface area (Å²) in [5, 5.41) is 4.62. The molecule has 1 aromatic heterocycles. The molecule has 0 N–H and O–H groups in total. The van der Waals surface area contributed by atoms with E-state index in [1.807, 2.05) is 0 Å². The minimum absolute atomic E-state index is 0.00881. The van der Waals surface area contributed by atoms with Gasteiger partial charge in [-0.25, -0.2) is 17.9 Å². The van der Waals surface area contributed by atoms with E-state index >= 15 is 0 Å². The molecule has 2 fully saturated rings. The van der Waals surface area contributed by atoms with Crippen LogP contribution in [-0.2, 0) is 24.2 Å². The average molecular weight is 458 g/mol. The predicted molar refractivity (Wildman–Crippen MR) is 114 cm³/mol. The van der Waals surface area contributed by atoms with Crippen LogP contribution in [0.25, 0.3) is 6.08 Å². The van der Waals surface area contributed by atoms with Crippen LogP contribution in [0.15, 0.2) is 6.08 Å². The number of piperidine rings is 1. The number of likely N-dealkylation sites (tertiary alicyclic amines) is 1. The van der Waals surface area contributed by atoms with E-state index in [9.17, 15) is 18.0 Å². The van der Waals surface area contributed by atoms with Crippen molar-refractivity contribution in [3.63, 3.8) is 0 Å². The van der Waals surface area contributed by atoms with Crippen molar-refractivity contribution < 1.29 is 22.7 Å². The van der Waals surface area contributed by atoms with Crippen molar-refractivity contribution in [1.82, 2.24) is 14.7 Å². The van der Waals surface area contributed by atoms with Gasteiger partial charge in [0.25, 0.3) is 5.91 Å². The topological polar surface area (TPSA) is 98.6 Å². The number of sulfone groups is 1. The Hall–Kier alpha value is -1.87. The van der Waals surface area contributed by atoms with E-state index in [-0.39, 0.29) is 35.2 Å². The summed E-state index contributed by atoms with van der Waals surface area (Å²) in [6.07, 6.45) is 4.25. The molecule has 166 valence electrons. The number of carbonyl (C=O) groups excluding carboxylic acids is 2. The molecule has 2 aliphatic rings. The van der Waals surface area contributed by atoms with Crippen LogP contribution in [0.2, 0.25) is 5.15 Å². The fourth-order valence-electron chi connectivity index (χ4n) is 4.22. The highest BCUT2D eigenvalue weighted by Crippen LogP contribution is 2.30. The Balaban J connectivity index is 1.58. The Morgan fingerprint density at radius 1 is 1.27 bits per heavy atom. The minimum atomic E-state index is -3.07. The molecule has 2 aliphatic heterocycles. The Morgan fingerprint density at radius 3 is 2.53 bits per heavy atom. The lowest BCUT2D eigenvalue weighted by molar-refractivity contribution is -0.149. The lowest BCUT2D eigenvalue weighted by atomic mass is 9.92. The Kier molecular flexibility index (Phi) is 6.91. The normalized spacial score (nSPS) is 26.3. The third kappa shape index (κ3) is 5.43. The fourth-order valence-corrected chi connectivity index (χ4v) is 6.29. The van der Waals surface area contributed by atoms with Crippen LogP contribution in [0.3, 0.4) is 0 Å². The van der Waals surface area contributed by atoms with Crippen molar-refractivity contribution in [3.05, 3.63) is 22.5 Å². The van der Waals surface area contributed by atoms with Gasteiger partial charge < -0.3 is 9.64 Å². The number of hydrogen-bond donors (Lipinski definition) is 0. The maximum Gasteiger partial charge on any atom is 0.331 e. The summed E-state index contributed by atoms with van der Waals surface area (Å²) in [6.45, 7) is 7.02. The van der Waals surface area contributed by atoms with Gasteiger partial charge in [-0.1, -0.05) is 25.4 Å². The third-order valence-corrected chi connectivity index (χ3v) is 7.70. The van der Waals surface area contributed by atoms with Crippen LogP contribution in [0.5, 0.6) is 0 Å². The number of hydrogen-bond acceptors (Lipinski definition) is 6. The number of carbonyl (C=O) groups is 2. The smallest absolute Gasteiger partial charge is 0.331 e. The van der Waals surface area contributed by atoms with Crippen LogP contribution in [0.1, 0.15) is 44.0 Å². The van der Waals surface area contributed by atoms with Crippen LogP contribution < -0.4 is 0 Å². The van der Waals surface area contributed by atoms with E-state index in [0.29, 0.717) is 42.6 Å². The summed E-state index contributed by atoms with van der Waals surface area (Å²) < 4.78 is 30.0. The predicted octanol–water partition coefficient (Wildman–Crippen LogP) is 2.27.